The molecule has 0 atom stereocenters. The van der Waals surface area contributed by atoms with E-state index in [2.05, 4.69) is 0 Å². The summed E-state index contributed by atoms with van der Waals surface area (Å²) in [6, 6.07) is 11.1. The van der Waals surface area contributed by atoms with Gasteiger partial charge in [0.15, 0.2) is 0 Å². The predicted molar refractivity (Wildman–Crippen MR) is 109 cm³/mol. The van der Waals surface area contributed by atoms with Crippen LogP contribution < -0.4 is 10.5 Å². The molecule has 1 aliphatic rings. The Morgan fingerprint density at radius 2 is 1.66 bits per heavy atom. The van der Waals surface area contributed by atoms with E-state index in [1.165, 1.54) is 18.2 Å². The summed E-state index contributed by atoms with van der Waals surface area (Å²) in [6.07, 6.45) is 2.21. The lowest BCUT2D eigenvalue weighted by Crippen LogP contribution is -2.27. The van der Waals surface area contributed by atoms with Crippen LogP contribution in [0, 0.1) is 10.8 Å². The average molecular weight is 396 g/mol. The molecule has 5 N–H and O–H groups in total. The van der Waals surface area contributed by atoms with Crippen LogP contribution in [0.2, 0.25) is 0 Å². The van der Waals surface area contributed by atoms with Gasteiger partial charge in [0.05, 0.1) is 5.56 Å². The Bertz CT molecular complexity index is 905. The molecule has 29 heavy (non-hydrogen) atoms. The SMILES string of the molecule is N=C(N)c1cc(O)cc(OCCOC(=O)c2ccc(C(=N)N3CCCC3)cc2)c1. The largest absolute Gasteiger partial charge is 0.508 e. The molecule has 8 nitrogen and oxygen atoms in total. The standard InChI is InChI=1S/C21H24N4O4/c22-19(23)16-11-17(26)13-18(12-16)28-9-10-29-21(27)15-5-3-14(4-6-15)20(24)25-7-1-2-8-25/h3-6,11-13,24,26H,1-2,7-10H2,(H3,22,23). The van der Waals surface area contributed by atoms with Gasteiger partial charge in [-0.2, -0.15) is 0 Å². The summed E-state index contributed by atoms with van der Waals surface area (Å²) < 4.78 is 10.6. The second kappa shape index (κ2) is 9.09. The third-order valence-corrected chi connectivity index (χ3v) is 4.60. The van der Waals surface area contributed by atoms with Gasteiger partial charge in [0.1, 0.15) is 36.4 Å². The van der Waals surface area contributed by atoms with Crippen LogP contribution >= 0.6 is 0 Å². The number of phenols is 1. The fourth-order valence-corrected chi connectivity index (χ4v) is 3.09. The monoisotopic (exact) mass is 396 g/mol. The molecule has 2 aromatic rings. The molecular weight excluding hydrogens is 372 g/mol. The number of likely N-dealkylation sites (tertiary alicyclic amines) is 1. The van der Waals surface area contributed by atoms with Crippen LogP contribution in [0.1, 0.15) is 34.3 Å². The van der Waals surface area contributed by atoms with E-state index in [1.54, 1.807) is 24.3 Å². The molecule has 3 rings (SSSR count). The maximum atomic E-state index is 12.2. The number of rotatable bonds is 7. The molecular formula is C21H24N4O4. The predicted octanol–water partition coefficient (Wildman–Crippen LogP) is 2.33. The van der Waals surface area contributed by atoms with E-state index in [0.717, 1.165) is 31.5 Å². The highest BCUT2D eigenvalue weighted by Crippen LogP contribution is 2.21. The molecule has 1 aliphatic heterocycles. The van der Waals surface area contributed by atoms with Crippen molar-refractivity contribution in [3.63, 3.8) is 0 Å². The van der Waals surface area contributed by atoms with Gasteiger partial charge in [-0.05, 0) is 37.1 Å². The van der Waals surface area contributed by atoms with Gasteiger partial charge in [-0.3, -0.25) is 10.8 Å². The van der Waals surface area contributed by atoms with E-state index in [4.69, 9.17) is 26.0 Å². The van der Waals surface area contributed by atoms with Crippen LogP contribution in [0.25, 0.3) is 0 Å². The minimum Gasteiger partial charge on any atom is -0.508 e. The van der Waals surface area contributed by atoms with E-state index in [9.17, 15) is 9.90 Å². The first-order valence-corrected chi connectivity index (χ1v) is 9.36. The Morgan fingerprint density at radius 3 is 2.31 bits per heavy atom. The number of nitrogens with two attached hydrogens (primary N) is 1. The van der Waals surface area contributed by atoms with Crippen LogP contribution in [-0.4, -0.2) is 54.0 Å². The van der Waals surface area contributed by atoms with Crippen molar-refractivity contribution in [1.82, 2.24) is 4.90 Å². The highest BCUT2D eigenvalue weighted by atomic mass is 16.6. The molecule has 1 saturated heterocycles. The lowest BCUT2D eigenvalue weighted by atomic mass is 10.1. The minimum atomic E-state index is -0.479. The summed E-state index contributed by atoms with van der Waals surface area (Å²) >= 11 is 0. The number of aromatic hydroxyl groups is 1. The second-order valence-electron chi connectivity index (χ2n) is 6.73. The van der Waals surface area contributed by atoms with Gasteiger partial charge >= 0.3 is 5.97 Å². The highest BCUT2D eigenvalue weighted by Gasteiger charge is 2.17. The first-order chi connectivity index (χ1) is 13.9. The molecule has 0 radical (unpaired) electrons. The maximum Gasteiger partial charge on any atom is 0.338 e. The van der Waals surface area contributed by atoms with Crippen LogP contribution in [0.3, 0.4) is 0 Å². The van der Waals surface area contributed by atoms with E-state index in [1.807, 2.05) is 4.90 Å². The van der Waals surface area contributed by atoms with Gasteiger partial charge in [0.25, 0.3) is 0 Å². The van der Waals surface area contributed by atoms with E-state index >= 15 is 0 Å². The third-order valence-electron chi connectivity index (χ3n) is 4.60. The number of nitrogens with zero attached hydrogens (tertiary/aromatic N) is 1. The zero-order valence-corrected chi connectivity index (χ0v) is 16.0. The van der Waals surface area contributed by atoms with Crippen molar-refractivity contribution in [2.24, 2.45) is 5.73 Å². The summed E-state index contributed by atoms with van der Waals surface area (Å²) in [5.74, 6) is 0.0822. The van der Waals surface area contributed by atoms with Crippen LogP contribution in [0.4, 0.5) is 0 Å². The van der Waals surface area contributed by atoms with Crippen molar-refractivity contribution in [3.8, 4) is 11.5 Å². The van der Waals surface area contributed by atoms with Crippen molar-refractivity contribution in [3.05, 3.63) is 59.2 Å². The topological polar surface area (TPSA) is 133 Å². The molecule has 0 bridgehead atoms. The highest BCUT2D eigenvalue weighted by molar-refractivity contribution is 5.98. The van der Waals surface area contributed by atoms with E-state index < -0.39 is 5.97 Å². The van der Waals surface area contributed by atoms with Crippen molar-refractivity contribution in [1.29, 1.82) is 10.8 Å². The summed E-state index contributed by atoms with van der Waals surface area (Å²) in [7, 11) is 0. The summed E-state index contributed by atoms with van der Waals surface area (Å²) in [5, 5.41) is 25.3. The first-order valence-electron chi connectivity index (χ1n) is 9.36. The number of benzene rings is 2. The molecule has 1 fully saturated rings. The number of nitrogen functional groups attached to an aromatic ring is 1. The van der Waals surface area contributed by atoms with Crippen LogP contribution in [0.5, 0.6) is 11.5 Å². The van der Waals surface area contributed by atoms with Gasteiger partial charge in [-0.25, -0.2) is 4.79 Å². The minimum absolute atomic E-state index is 0.0231. The van der Waals surface area contributed by atoms with Crippen molar-refractivity contribution < 1.29 is 19.4 Å². The molecule has 2 aromatic carbocycles. The Morgan fingerprint density at radius 1 is 1.00 bits per heavy atom. The number of hydrogen-bond acceptors (Lipinski definition) is 6. The average Bonchev–Trinajstić information content (AvgIpc) is 3.25. The maximum absolute atomic E-state index is 12.2. The Balaban J connectivity index is 1.48. The summed E-state index contributed by atoms with van der Waals surface area (Å²) in [6.45, 7) is 1.91. The van der Waals surface area contributed by atoms with Crippen molar-refractivity contribution in [2.75, 3.05) is 26.3 Å². The smallest absolute Gasteiger partial charge is 0.338 e. The second-order valence-corrected chi connectivity index (χ2v) is 6.73. The Kier molecular flexibility index (Phi) is 6.33. The van der Waals surface area contributed by atoms with Gasteiger partial charge in [-0.1, -0.05) is 12.1 Å². The molecule has 0 spiro atoms. The number of nitrogens with one attached hydrogen (secondary N) is 2. The van der Waals surface area contributed by atoms with Crippen molar-refractivity contribution >= 4 is 17.6 Å². The van der Waals surface area contributed by atoms with Gasteiger partial charge in [-0.15, -0.1) is 0 Å². The number of ether oxygens (including phenoxy) is 2. The normalized spacial score (nSPS) is 13.2. The number of carbonyl (C=O) groups is 1. The number of hydrogen-bond donors (Lipinski definition) is 4. The fraction of sp³-hybridized carbons (Fsp3) is 0.286. The Hall–Kier alpha value is -3.55. The first kappa shape index (κ1) is 20.2. The lowest BCUT2D eigenvalue weighted by Gasteiger charge is -2.18. The molecule has 152 valence electrons. The third kappa shape index (κ3) is 5.25. The zero-order valence-electron chi connectivity index (χ0n) is 16.0. The molecule has 0 saturated carbocycles. The van der Waals surface area contributed by atoms with Gasteiger partial charge in [0.2, 0.25) is 0 Å². The molecule has 1 heterocycles. The molecule has 0 aliphatic carbocycles. The number of carbonyl (C=O) groups excluding carboxylic acids is 1. The molecule has 0 amide bonds. The van der Waals surface area contributed by atoms with Crippen LogP contribution in [0.15, 0.2) is 42.5 Å². The zero-order chi connectivity index (χ0) is 20.8. The van der Waals surface area contributed by atoms with Crippen LogP contribution in [-0.2, 0) is 4.74 Å². The summed E-state index contributed by atoms with van der Waals surface area (Å²) in [4.78, 5) is 14.2. The lowest BCUT2D eigenvalue weighted by molar-refractivity contribution is 0.0450. The molecule has 0 unspecified atom stereocenters. The number of phenolic OH excluding ortho intramolecular Hbond substituents is 1. The number of amidine groups is 2. The fourth-order valence-electron chi connectivity index (χ4n) is 3.09. The Labute approximate surface area is 168 Å². The number of esters is 1. The summed E-state index contributed by atoms with van der Waals surface area (Å²) in [5.41, 5.74) is 6.93. The van der Waals surface area contributed by atoms with E-state index in [-0.39, 0.29) is 24.8 Å². The van der Waals surface area contributed by atoms with E-state index in [0.29, 0.717) is 22.7 Å². The van der Waals surface area contributed by atoms with Gasteiger partial charge < -0.3 is 25.2 Å². The quantitative estimate of drug-likeness (QED) is 0.246. The van der Waals surface area contributed by atoms with Gasteiger partial charge in [0, 0.05) is 30.3 Å². The molecule has 0 aromatic heterocycles. The molecule has 8 heteroatoms. The van der Waals surface area contributed by atoms with Crippen molar-refractivity contribution in [2.45, 2.75) is 12.8 Å².